The summed E-state index contributed by atoms with van der Waals surface area (Å²) in [5, 5.41) is 6.53. The molecule has 0 aliphatic carbocycles. The van der Waals surface area contributed by atoms with Gasteiger partial charge in [-0.3, -0.25) is 10.00 Å². The number of hydrogen-bond acceptors (Lipinski definition) is 3. The Morgan fingerprint density at radius 2 is 2.47 bits per heavy atom. The van der Waals surface area contributed by atoms with Crippen LogP contribution in [-0.4, -0.2) is 22.5 Å². The van der Waals surface area contributed by atoms with Crippen LogP contribution in [0.3, 0.4) is 0 Å². The first-order valence-corrected chi connectivity index (χ1v) is 5.04. The Kier molecular flexibility index (Phi) is 4.15. The summed E-state index contributed by atoms with van der Waals surface area (Å²) in [7, 11) is 1.79. The molecule has 0 aromatic carbocycles. The predicted molar refractivity (Wildman–Crippen MR) is 57.6 cm³/mol. The van der Waals surface area contributed by atoms with Gasteiger partial charge in [0.25, 0.3) is 0 Å². The van der Waals surface area contributed by atoms with Crippen molar-refractivity contribution in [3.63, 3.8) is 0 Å². The molecule has 0 spiro atoms. The van der Waals surface area contributed by atoms with Crippen molar-refractivity contribution in [2.75, 3.05) is 11.9 Å². The quantitative estimate of drug-likeness (QED) is 0.828. The molecule has 15 heavy (non-hydrogen) atoms. The third-order valence-electron chi connectivity index (χ3n) is 2.15. The highest BCUT2D eigenvalue weighted by Gasteiger charge is 2.06. The third-order valence-corrected chi connectivity index (χ3v) is 2.15. The highest BCUT2D eigenvalue weighted by molar-refractivity contribution is 5.84. The largest absolute Gasteiger partial charge is 0.449 e. The number of aryl methyl sites for hydroxylation is 1. The monoisotopic (exact) mass is 211 g/mol. The zero-order valence-corrected chi connectivity index (χ0v) is 9.36. The maximum Gasteiger partial charge on any atom is 0.411 e. The molecule has 1 rings (SSSR count). The number of hydrogen-bond donors (Lipinski definition) is 1. The van der Waals surface area contributed by atoms with Crippen molar-refractivity contribution in [1.82, 2.24) is 9.78 Å². The molecule has 0 bridgehead atoms. The van der Waals surface area contributed by atoms with Crippen LogP contribution < -0.4 is 5.32 Å². The van der Waals surface area contributed by atoms with Crippen LogP contribution in [0.1, 0.15) is 20.3 Å². The second-order valence-electron chi connectivity index (χ2n) is 3.64. The first-order valence-electron chi connectivity index (χ1n) is 5.04. The SMILES string of the molecule is CC[C@@H](C)COC(=O)Nc1cnn(C)c1. The fraction of sp³-hybridized carbons (Fsp3) is 0.600. The molecule has 0 saturated heterocycles. The van der Waals surface area contributed by atoms with Gasteiger partial charge in [-0.2, -0.15) is 5.10 Å². The van der Waals surface area contributed by atoms with E-state index in [0.717, 1.165) is 6.42 Å². The predicted octanol–water partition coefficient (Wildman–Crippen LogP) is 2.01. The molecule has 1 amide bonds. The highest BCUT2D eigenvalue weighted by Crippen LogP contribution is 2.05. The number of anilines is 1. The fourth-order valence-electron chi connectivity index (χ4n) is 0.976. The van der Waals surface area contributed by atoms with Crippen molar-refractivity contribution in [3.8, 4) is 0 Å². The molecule has 0 aliphatic heterocycles. The Labute approximate surface area is 89.4 Å². The summed E-state index contributed by atoms with van der Waals surface area (Å²) in [5.74, 6) is 0.393. The van der Waals surface area contributed by atoms with Gasteiger partial charge in [-0.15, -0.1) is 0 Å². The maximum atomic E-state index is 11.3. The van der Waals surface area contributed by atoms with Gasteiger partial charge in [0, 0.05) is 13.2 Å². The number of aromatic nitrogens is 2. The fourth-order valence-corrected chi connectivity index (χ4v) is 0.976. The van der Waals surface area contributed by atoms with Crippen molar-refractivity contribution in [3.05, 3.63) is 12.4 Å². The normalized spacial score (nSPS) is 12.2. The minimum absolute atomic E-state index is 0.393. The van der Waals surface area contributed by atoms with E-state index in [4.69, 9.17) is 4.74 Å². The minimum Gasteiger partial charge on any atom is -0.449 e. The summed E-state index contributed by atoms with van der Waals surface area (Å²) >= 11 is 0. The van der Waals surface area contributed by atoms with Gasteiger partial charge in [-0.25, -0.2) is 4.79 Å². The number of carbonyl (C=O) groups excluding carboxylic acids is 1. The van der Waals surface area contributed by atoms with E-state index in [0.29, 0.717) is 18.2 Å². The van der Waals surface area contributed by atoms with Crippen LogP contribution >= 0.6 is 0 Å². The number of amides is 1. The Hall–Kier alpha value is -1.52. The Bertz CT molecular complexity index is 322. The second kappa shape index (κ2) is 5.38. The van der Waals surface area contributed by atoms with Crippen LogP contribution in [0.2, 0.25) is 0 Å². The molecule has 1 N–H and O–H groups in total. The van der Waals surface area contributed by atoms with Crippen LogP contribution in [0.4, 0.5) is 10.5 Å². The van der Waals surface area contributed by atoms with E-state index in [1.165, 1.54) is 0 Å². The molecule has 0 unspecified atom stereocenters. The summed E-state index contributed by atoms with van der Waals surface area (Å²) in [6.07, 6.45) is 3.86. The Morgan fingerprint density at radius 3 is 3.00 bits per heavy atom. The average Bonchev–Trinajstić information content (AvgIpc) is 2.60. The molecule has 1 heterocycles. The van der Waals surface area contributed by atoms with Gasteiger partial charge >= 0.3 is 6.09 Å². The summed E-state index contributed by atoms with van der Waals surface area (Å²) in [6, 6.07) is 0. The molecule has 84 valence electrons. The van der Waals surface area contributed by atoms with E-state index >= 15 is 0 Å². The molecule has 0 aliphatic rings. The molecular weight excluding hydrogens is 194 g/mol. The summed E-state index contributed by atoms with van der Waals surface area (Å²) < 4.78 is 6.64. The van der Waals surface area contributed by atoms with E-state index < -0.39 is 6.09 Å². The van der Waals surface area contributed by atoms with E-state index in [1.54, 1.807) is 24.1 Å². The van der Waals surface area contributed by atoms with Gasteiger partial charge in [-0.05, 0) is 5.92 Å². The van der Waals surface area contributed by atoms with Crippen LogP contribution in [0.25, 0.3) is 0 Å². The molecule has 1 aromatic heterocycles. The standard InChI is InChI=1S/C10H17N3O2/c1-4-8(2)7-15-10(14)12-9-5-11-13(3)6-9/h5-6,8H,4,7H2,1-3H3,(H,12,14)/t8-/m1/s1. The smallest absolute Gasteiger partial charge is 0.411 e. The lowest BCUT2D eigenvalue weighted by atomic mass is 10.1. The van der Waals surface area contributed by atoms with Crippen LogP contribution in [-0.2, 0) is 11.8 Å². The van der Waals surface area contributed by atoms with Crippen molar-refractivity contribution < 1.29 is 9.53 Å². The van der Waals surface area contributed by atoms with Crippen molar-refractivity contribution >= 4 is 11.8 Å². The van der Waals surface area contributed by atoms with Crippen LogP contribution in [0.5, 0.6) is 0 Å². The first kappa shape index (κ1) is 11.6. The van der Waals surface area contributed by atoms with Crippen LogP contribution in [0.15, 0.2) is 12.4 Å². The van der Waals surface area contributed by atoms with Gasteiger partial charge in [0.05, 0.1) is 18.5 Å². The number of ether oxygens (including phenoxy) is 1. The summed E-state index contributed by atoms with van der Waals surface area (Å²) in [6.45, 7) is 4.55. The molecular formula is C10H17N3O2. The molecule has 0 fully saturated rings. The van der Waals surface area contributed by atoms with Crippen molar-refractivity contribution in [2.45, 2.75) is 20.3 Å². The van der Waals surface area contributed by atoms with E-state index in [9.17, 15) is 4.79 Å². The number of nitrogens with zero attached hydrogens (tertiary/aromatic N) is 2. The lowest BCUT2D eigenvalue weighted by molar-refractivity contribution is 0.143. The number of rotatable bonds is 4. The summed E-state index contributed by atoms with van der Waals surface area (Å²) in [5.41, 5.74) is 0.645. The average molecular weight is 211 g/mol. The number of nitrogens with one attached hydrogen (secondary N) is 1. The maximum absolute atomic E-state index is 11.3. The molecule has 0 saturated carbocycles. The minimum atomic E-state index is -0.427. The van der Waals surface area contributed by atoms with Gasteiger partial charge in [0.1, 0.15) is 0 Å². The molecule has 5 heteroatoms. The van der Waals surface area contributed by atoms with E-state index in [-0.39, 0.29) is 0 Å². The van der Waals surface area contributed by atoms with Crippen molar-refractivity contribution in [2.24, 2.45) is 13.0 Å². The lowest BCUT2D eigenvalue weighted by Crippen LogP contribution is -2.17. The zero-order valence-electron chi connectivity index (χ0n) is 9.36. The van der Waals surface area contributed by atoms with Gasteiger partial charge in [0.15, 0.2) is 0 Å². The van der Waals surface area contributed by atoms with E-state index in [2.05, 4.69) is 17.3 Å². The van der Waals surface area contributed by atoms with Gasteiger partial charge < -0.3 is 4.74 Å². The zero-order chi connectivity index (χ0) is 11.3. The van der Waals surface area contributed by atoms with Gasteiger partial charge in [0.2, 0.25) is 0 Å². The Balaban J connectivity index is 2.30. The molecule has 5 nitrogen and oxygen atoms in total. The molecule has 0 radical (unpaired) electrons. The van der Waals surface area contributed by atoms with Crippen molar-refractivity contribution in [1.29, 1.82) is 0 Å². The first-order chi connectivity index (χ1) is 7.11. The lowest BCUT2D eigenvalue weighted by Gasteiger charge is -2.09. The molecule has 1 atom stereocenters. The number of carbonyl (C=O) groups is 1. The molecule has 1 aromatic rings. The summed E-state index contributed by atoms with van der Waals surface area (Å²) in [4.78, 5) is 11.3. The Morgan fingerprint density at radius 1 is 1.73 bits per heavy atom. The van der Waals surface area contributed by atoms with E-state index in [1.807, 2.05) is 6.92 Å². The van der Waals surface area contributed by atoms with Crippen LogP contribution in [0, 0.1) is 5.92 Å². The van der Waals surface area contributed by atoms with Gasteiger partial charge in [-0.1, -0.05) is 20.3 Å². The second-order valence-corrected chi connectivity index (χ2v) is 3.64. The third kappa shape index (κ3) is 4.01. The topological polar surface area (TPSA) is 56.1 Å². The highest BCUT2D eigenvalue weighted by atomic mass is 16.5.